The Hall–Kier alpha value is -1.59. The van der Waals surface area contributed by atoms with Crippen LogP contribution in [0.2, 0.25) is 0 Å². The van der Waals surface area contributed by atoms with Crippen LogP contribution in [0.3, 0.4) is 0 Å². The third-order valence-corrected chi connectivity index (χ3v) is 3.40. The monoisotopic (exact) mass is 264 g/mol. The lowest BCUT2D eigenvalue weighted by Crippen LogP contribution is -2.49. The van der Waals surface area contributed by atoms with Gasteiger partial charge in [-0.3, -0.25) is 4.90 Å². The van der Waals surface area contributed by atoms with Crippen LogP contribution >= 0.6 is 0 Å². The van der Waals surface area contributed by atoms with Gasteiger partial charge >= 0.3 is 6.09 Å². The molecule has 0 aliphatic carbocycles. The van der Waals surface area contributed by atoms with E-state index >= 15 is 0 Å². The minimum atomic E-state index is -0.733. The summed E-state index contributed by atoms with van der Waals surface area (Å²) in [6.45, 7) is 2.49. The summed E-state index contributed by atoms with van der Waals surface area (Å²) in [7, 11) is 1.63. The topological polar surface area (TPSA) is 64.8 Å². The first-order valence-corrected chi connectivity index (χ1v) is 6.44. The average molecular weight is 264 g/mol. The van der Waals surface area contributed by atoms with E-state index in [1.54, 1.807) is 7.11 Å². The molecule has 0 spiro atoms. The fourth-order valence-electron chi connectivity index (χ4n) is 2.45. The number of piperidine rings is 1. The Morgan fingerprint density at radius 3 is 2.74 bits per heavy atom. The molecule has 1 saturated heterocycles. The van der Waals surface area contributed by atoms with Crippen molar-refractivity contribution in [2.75, 3.05) is 20.2 Å². The fourth-order valence-corrected chi connectivity index (χ4v) is 2.45. The number of nitrogens with zero attached hydrogens (tertiary/aromatic N) is 1. The van der Waals surface area contributed by atoms with Gasteiger partial charge in [-0.2, -0.15) is 0 Å². The predicted molar refractivity (Wildman–Crippen MR) is 71.6 cm³/mol. The summed E-state index contributed by atoms with van der Waals surface area (Å²) < 4.78 is 10.5. The molecule has 1 aliphatic heterocycles. The number of carbonyl (C=O) groups is 1. The highest BCUT2D eigenvalue weighted by molar-refractivity contribution is 5.64. The molecule has 0 unspecified atom stereocenters. The van der Waals surface area contributed by atoms with Crippen molar-refractivity contribution in [1.29, 1.82) is 0 Å². The van der Waals surface area contributed by atoms with Gasteiger partial charge < -0.3 is 15.2 Å². The number of methoxy groups -OCH3 is 1. The Kier molecular flexibility index (Phi) is 4.76. The van der Waals surface area contributed by atoms with Gasteiger partial charge in [-0.05, 0) is 12.0 Å². The molecule has 1 amide bonds. The predicted octanol–water partition coefficient (Wildman–Crippen LogP) is 1.37. The molecular formula is C14H20N2O3. The summed E-state index contributed by atoms with van der Waals surface area (Å²) in [5.74, 6) is 0. The van der Waals surface area contributed by atoms with E-state index in [9.17, 15) is 4.79 Å². The number of amides is 1. The van der Waals surface area contributed by atoms with Gasteiger partial charge in [0.2, 0.25) is 0 Å². The van der Waals surface area contributed by atoms with Crippen LogP contribution in [0.5, 0.6) is 0 Å². The summed E-state index contributed by atoms with van der Waals surface area (Å²) in [6, 6.07) is 10.3. The van der Waals surface area contributed by atoms with Gasteiger partial charge in [0.25, 0.3) is 0 Å². The number of primary amides is 1. The molecule has 104 valence electrons. The Morgan fingerprint density at radius 2 is 2.11 bits per heavy atom. The fraction of sp³-hybridized carbons (Fsp3) is 0.500. The van der Waals surface area contributed by atoms with E-state index in [2.05, 4.69) is 17.0 Å². The molecule has 2 rings (SSSR count). The van der Waals surface area contributed by atoms with Crippen LogP contribution < -0.4 is 5.73 Å². The SMILES string of the molecule is CO[C@@H]1CN(Cc2ccccc2)CC[C@H]1OC(N)=O. The zero-order chi connectivity index (χ0) is 13.7. The van der Waals surface area contributed by atoms with Gasteiger partial charge in [-0.25, -0.2) is 4.79 Å². The van der Waals surface area contributed by atoms with Crippen LogP contribution in [0.1, 0.15) is 12.0 Å². The number of hydrogen-bond acceptors (Lipinski definition) is 4. The molecule has 19 heavy (non-hydrogen) atoms. The molecule has 0 bridgehead atoms. The molecule has 1 aliphatic rings. The van der Waals surface area contributed by atoms with E-state index in [-0.39, 0.29) is 12.2 Å². The third kappa shape index (κ3) is 3.94. The summed E-state index contributed by atoms with van der Waals surface area (Å²) in [4.78, 5) is 13.1. The van der Waals surface area contributed by atoms with Crippen molar-refractivity contribution in [2.45, 2.75) is 25.2 Å². The largest absolute Gasteiger partial charge is 0.444 e. The molecular weight excluding hydrogens is 244 g/mol. The highest BCUT2D eigenvalue weighted by Gasteiger charge is 2.31. The smallest absolute Gasteiger partial charge is 0.404 e. The Labute approximate surface area is 113 Å². The summed E-state index contributed by atoms with van der Waals surface area (Å²) in [5, 5.41) is 0. The second-order valence-corrected chi connectivity index (χ2v) is 4.76. The number of likely N-dealkylation sites (tertiary alicyclic amines) is 1. The van der Waals surface area contributed by atoms with E-state index in [0.29, 0.717) is 0 Å². The minimum Gasteiger partial charge on any atom is -0.444 e. The van der Waals surface area contributed by atoms with Crippen LogP contribution in [-0.2, 0) is 16.0 Å². The maximum Gasteiger partial charge on any atom is 0.404 e. The van der Waals surface area contributed by atoms with Crippen molar-refractivity contribution in [1.82, 2.24) is 4.90 Å². The molecule has 1 heterocycles. The van der Waals surface area contributed by atoms with Crippen molar-refractivity contribution in [3.63, 3.8) is 0 Å². The lowest BCUT2D eigenvalue weighted by Gasteiger charge is -2.36. The highest BCUT2D eigenvalue weighted by atomic mass is 16.6. The number of carbonyl (C=O) groups excluding carboxylic acids is 1. The average Bonchev–Trinajstić information content (AvgIpc) is 2.41. The number of rotatable bonds is 4. The van der Waals surface area contributed by atoms with Crippen LogP contribution in [0, 0.1) is 0 Å². The highest BCUT2D eigenvalue weighted by Crippen LogP contribution is 2.18. The zero-order valence-electron chi connectivity index (χ0n) is 11.1. The molecule has 5 nitrogen and oxygen atoms in total. The van der Waals surface area contributed by atoms with E-state index in [1.165, 1.54) is 5.56 Å². The summed E-state index contributed by atoms with van der Waals surface area (Å²) >= 11 is 0. The van der Waals surface area contributed by atoms with Crippen LogP contribution in [-0.4, -0.2) is 43.4 Å². The van der Waals surface area contributed by atoms with Crippen LogP contribution in [0.4, 0.5) is 4.79 Å². The van der Waals surface area contributed by atoms with E-state index in [4.69, 9.17) is 15.2 Å². The maximum absolute atomic E-state index is 10.8. The Morgan fingerprint density at radius 1 is 1.37 bits per heavy atom. The first-order valence-electron chi connectivity index (χ1n) is 6.44. The molecule has 1 aromatic rings. The lowest BCUT2D eigenvalue weighted by molar-refractivity contribution is -0.0661. The van der Waals surface area contributed by atoms with Crippen molar-refractivity contribution >= 4 is 6.09 Å². The van der Waals surface area contributed by atoms with E-state index in [1.807, 2.05) is 18.2 Å². The van der Waals surface area contributed by atoms with Gasteiger partial charge in [-0.15, -0.1) is 0 Å². The molecule has 1 aromatic carbocycles. The van der Waals surface area contributed by atoms with Gasteiger partial charge in [0.15, 0.2) is 0 Å². The first kappa shape index (κ1) is 13.8. The number of nitrogens with two attached hydrogens (primary N) is 1. The molecule has 0 radical (unpaired) electrons. The Bertz CT molecular complexity index is 410. The van der Waals surface area contributed by atoms with Crippen molar-refractivity contribution < 1.29 is 14.3 Å². The quantitative estimate of drug-likeness (QED) is 0.892. The number of hydrogen-bond donors (Lipinski definition) is 1. The number of ether oxygens (including phenoxy) is 2. The van der Waals surface area contributed by atoms with Crippen molar-refractivity contribution in [3.8, 4) is 0 Å². The second-order valence-electron chi connectivity index (χ2n) is 4.76. The van der Waals surface area contributed by atoms with Gasteiger partial charge in [0.1, 0.15) is 12.2 Å². The zero-order valence-corrected chi connectivity index (χ0v) is 11.1. The van der Waals surface area contributed by atoms with Crippen LogP contribution in [0.15, 0.2) is 30.3 Å². The molecule has 0 saturated carbocycles. The summed E-state index contributed by atoms with van der Waals surface area (Å²) in [5.41, 5.74) is 6.34. The molecule has 5 heteroatoms. The van der Waals surface area contributed by atoms with E-state index in [0.717, 1.165) is 26.1 Å². The molecule has 2 N–H and O–H groups in total. The van der Waals surface area contributed by atoms with Crippen molar-refractivity contribution in [2.24, 2.45) is 5.73 Å². The van der Waals surface area contributed by atoms with Gasteiger partial charge in [0.05, 0.1) is 0 Å². The standard InChI is InChI=1S/C14H20N2O3/c1-18-13-10-16(8-7-12(13)19-14(15)17)9-11-5-3-2-4-6-11/h2-6,12-13H,7-10H2,1H3,(H2,15,17)/t12-,13-/m1/s1. The molecule has 2 atom stereocenters. The lowest BCUT2D eigenvalue weighted by atomic mass is 10.0. The maximum atomic E-state index is 10.8. The normalized spacial score (nSPS) is 24.1. The third-order valence-electron chi connectivity index (χ3n) is 3.40. The van der Waals surface area contributed by atoms with Gasteiger partial charge in [-0.1, -0.05) is 30.3 Å². The van der Waals surface area contributed by atoms with Gasteiger partial charge in [0, 0.05) is 26.7 Å². The Balaban J connectivity index is 1.91. The minimum absolute atomic E-state index is 0.120. The van der Waals surface area contributed by atoms with E-state index < -0.39 is 6.09 Å². The second kappa shape index (κ2) is 6.54. The van der Waals surface area contributed by atoms with Crippen molar-refractivity contribution in [3.05, 3.63) is 35.9 Å². The van der Waals surface area contributed by atoms with Crippen LogP contribution in [0.25, 0.3) is 0 Å². The molecule has 0 aromatic heterocycles. The first-order chi connectivity index (χ1) is 9.19. The summed E-state index contributed by atoms with van der Waals surface area (Å²) in [6.07, 6.45) is -0.350. The molecule has 1 fully saturated rings. The number of benzene rings is 1.